The molecule has 1 unspecified atom stereocenters. The predicted molar refractivity (Wildman–Crippen MR) is 134 cm³/mol. The molecule has 5 nitrogen and oxygen atoms in total. The summed E-state index contributed by atoms with van der Waals surface area (Å²) in [5, 5.41) is 3.25. The highest BCUT2D eigenvalue weighted by atomic mass is 35.5. The van der Waals surface area contributed by atoms with Crippen molar-refractivity contribution in [2.75, 3.05) is 16.8 Å². The van der Waals surface area contributed by atoms with Crippen molar-refractivity contribution < 1.29 is 9.59 Å². The maximum absolute atomic E-state index is 13.3. The van der Waals surface area contributed by atoms with Crippen LogP contribution in [-0.4, -0.2) is 29.5 Å². The second kappa shape index (κ2) is 8.01. The summed E-state index contributed by atoms with van der Waals surface area (Å²) in [5.74, 6) is -0.582. The fourth-order valence-corrected chi connectivity index (χ4v) is 4.93. The van der Waals surface area contributed by atoms with Gasteiger partial charge in [-0.1, -0.05) is 18.5 Å². The van der Waals surface area contributed by atoms with E-state index in [0.717, 1.165) is 17.5 Å². The SMILES string of the molecule is Cc1cc2c(cc1/C=C1/C(=O)NC(=S)N(c3ccc(Cl)cc3)C1=O)C(C)CC(C)(C)N2C. The van der Waals surface area contributed by atoms with Crippen LogP contribution in [-0.2, 0) is 9.59 Å². The fourth-order valence-electron chi connectivity index (χ4n) is 4.53. The van der Waals surface area contributed by atoms with Gasteiger partial charge in [0.2, 0.25) is 0 Å². The molecule has 7 heteroatoms. The van der Waals surface area contributed by atoms with Crippen LogP contribution < -0.4 is 15.1 Å². The van der Waals surface area contributed by atoms with Gasteiger partial charge in [0.15, 0.2) is 5.11 Å². The summed E-state index contributed by atoms with van der Waals surface area (Å²) in [6, 6.07) is 11.0. The lowest BCUT2D eigenvalue weighted by Gasteiger charge is -2.45. The number of carbonyl (C=O) groups is 2. The smallest absolute Gasteiger partial charge is 0.270 e. The molecule has 166 valence electrons. The highest BCUT2D eigenvalue weighted by molar-refractivity contribution is 7.80. The van der Waals surface area contributed by atoms with Crippen molar-refractivity contribution in [1.29, 1.82) is 0 Å². The zero-order valence-corrected chi connectivity index (χ0v) is 20.4. The van der Waals surface area contributed by atoms with Crippen LogP contribution in [0.15, 0.2) is 42.0 Å². The van der Waals surface area contributed by atoms with Crippen LogP contribution in [0.5, 0.6) is 0 Å². The van der Waals surface area contributed by atoms with Crippen LogP contribution in [0, 0.1) is 6.92 Å². The van der Waals surface area contributed by atoms with Gasteiger partial charge in [0.25, 0.3) is 11.8 Å². The molecule has 0 aromatic heterocycles. The molecule has 1 N–H and O–H groups in total. The third kappa shape index (κ3) is 3.82. The zero-order chi connectivity index (χ0) is 23.4. The Kier molecular flexibility index (Phi) is 5.63. The molecule has 2 aromatic rings. The van der Waals surface area contributed by atoms with Crippen LogP contribution >= 0.6 is 23.8 Å². The number of carbonyl (C=O) groups excluding carboxylic acids is 2. The monoisotopic (exact) mass is 467 g/mol. The van der Waals surface area contributed by atoms with Gasteiger partial charge in [-0.2, -0.15) is 0 Å². The third-order valence-electron chi connectivity index (χ3n) is 6.51. The van der Waals surface area contributed by atoms with Gasteiger partial charge in [0.1, 0.15) is 5.57 Å². The van der Waals surface area contributed by atoms with Crippen LogP contribution in [0.4, 0.5) is 11.4 Å². The maximum Gasteiger partial charge on any atom is 0.270 e. The first kappa shape index (κ1) is 22.5. The number of rotatable bonds is 2. The topological polar surface area (TPSA) is 52.7 Å². The number of nitrogens with one attached hydrogen (secondary N) is 1. The van der Waals surface area contributed by atoms with Crippen molar-refractivity contribution in [3.63, 3.8) is 0 Å². The van der Waals surface area contributed by atoms with E-state index in [9.17, 15) is 9.59 Å². The van der Waals surface area contributed by atoms with Crippen molar-refractivity contribution in [3.05, 3.63) is 63.7 Å². The van der Waals surface area contributed by atoms with E-state index < -0.39 is 11.8 Å². The molecule has 2 aliphatic rings. The molecule has 0 saturated carbocycles. The maximum atomic E-state index is 13.3. The summed E-state index contributed by atoms with van der Waals surface area (Å²) < 4.78 is 0. The molecule has 0 bridgehead atoms. The quantitative estimate of drug-likeness (QED) is 0.374. The first-order valence-electron chi connectivity index (χ1n) is 10.5. The Hall–Kier alpha value is -2.70. The molecule has 2 heterocycles. The summed E-state index contributed by atoms with van der Waals surface area (Å²) in [6.07, 6.45) is 2.69. The molecule has 1 fully saturated rings. The number of fused-ring (bicyclic) bond motifs is 1. The first-order valence-corrected chi connectivity index (χ1v) is 11.3. The largest absolute Gasteiger partial charge is 0.369 e. The Bertz CT molecular complexity index is 1170. The summed E-state index contributed by atoms with van der Waals surface area (Å²) >= 11 is 11.3. The Balaban J connectivity index is 1.77. The second-order valence-corrected chi connectivity index (χ2v) is 10.0. The Morgan fingerprint density at radius 1 is 1.19 bits per heavy atom. The van der Waals surface area contributed by atoms with E-state index in [0.29, 0.717) is 16.6 Å². The molecule has 32 heavy (non-hydrogen) atoms. The van der Waals surface area contributed by atoms with Crippen LogP contribution in [0.2, 0.25) is 5.02 Å². The minimum atomic E-state index is -0.492. The highest BCUT2D eigenvalue weighted by Crippen LogP contribution is 2.43. The van der Waals surface area contributed by atoms with Gasteiger partial charge in [0.05, 0.1) is 5.69 Å². The minimum absolute atomic E-state index is 0.0498. The Labute approximate surface area is 199 Å². The number of nitrogens with zero attached hydrogens (tertiary/aromatic N) is 2. The standard InChI is InChI=1S/C25H26ClN3O2S/c1-14-10-21-19(15(2)13-25(3,4)28(21)5)11-16(14)12-20-22(30)27-24(32)29(23(20)31)18-8-6-17(26)7-9-18/h6-12,15H,13H2,1-5H3,(H,27,30,32)/b20-12-. The number of amides is 2. The summed E-state index contributed by atoms with van der Waals surface area (Å²) in [4.78, 5) is 29.6. The molecule has 0 radical (unpaired) electrons. The molecule has 1 atom stereocenters. The summed E-state index contributed by atoms with van der Waals surface area (Å²) in [7, 11) is 2.12. The van der Waals surface area contributed by atoms with Gasteiger partial charge in [-0.3, -0.25) is 19.8 Å². The van der Waals surface area contributed by atoms with Gasteiger partial charge in [0, 0.05) is 23.3 Å². The average molecular weight is 468 g/mol. The van der Waals surface area contributed by atoms with Crippen LogP contribution in [0.25, 0.3) is 6.08 Å². The normalized spacial score (nSPS) is 21.6. The third-order valence-corrected chi connectivity index (χ3v) is 7.04. The number of hydrogen-bond acceptors (Lipinski definition) is 4. The number of hydrogen-bond donors (Lipinski definition) is 1. The van der Waals surface area contributed by atoms with E-state index in [1.807, 2.05) is 6.92 Å². The lowest BCUT2D eigenvalue weighted by molar-refractivity contribution is -0.122. The van der Waals surface area contributed by atoms with E-state index in [2.05, 4.69) is 50.2 Å². The van der Waals surface area contributed by atoms with Gasteiger partial charge < -0.3 is 4.90 Å². The lowest BCUT2D eigenvalue weighted by Crippen LogP contribution is -2.54. The Morgan fingerprint density at radius 3 is 2.50 bits per heavy atom. The first-order chi connectivity index (χ1) is 15.0. The molecule has 0 aliphatic carbocycles. The van der Waals surface area contributed by atoms with Gasteiger partial charge >= 0.3 is 0 Å². The van der Waals surface area contributed by atoms with E-state index in [-0.39, 0.29) is 16.2 Å². The number of aryl methyl sites for hydroxylation is 1. The molecular weight excluding hydrogens is 442 g/mol. The molecular formula is C25H26ClN3O2S. The highest BCUT2D eigenvalue weighted by Gasteiger charge is 2.36. The molecule has 1 saturated heterocycles. The fraction of sp³-hybridized carbons (Fsp3) is 0.320. The van der Waals surface area contributed by atoms with E-state index in [1.165, 1.54) is 16.2 Å². The van der Waals surface area contributed by atoms with Crippen molar-refractivity contribution in [3.8, 4) is 0 Å². The molecule has 4 rings (SSSR count). The number of anilines is 2. The predicted octanol–water partition coefficient (Wildman–Crippen LogP) is 5.20. The van der Waals surface area contributed by atoms with Crippen molar-refractivity contribution in [2.45, 2.75) is 45.6 Å². The minimum Gasteiger partial charge on any atom is -0.369 e. The summed E-state index contributed by atoms with van der Waals surface area (Å²) in [5.41, 5.74) is 4.93. The lowest BCUT2D eigenvalue weighted by atomic mass is 9.79. The number of thiocarbonyl (C=S) groups is 1. The second-order valence-electron chi connectivity index (χ2n) is 9.18. The molecule has 2 amide bonds. The van der Waals surface area contributed by atoms with E-state index in [4.69, 9.17) is 23.8 Å². The Morgan fingerprint density at radius 2 is 1.84 bits per heavy atom. The average Bonchev–Trinajstić information content (AvgIpc) is 2.71. The zero-order valence-electron chi connectivity index (χ0n) is 18.8. The number of benzene rings is 2. The van der Waals surface area contributed by atoms with Crippen molar-refractivity contribution in [2.24, 2.45) is 0 Å². The van der Waals surface area contributed by atoms with Crippen LogP contribution in [0.1, 0.15) is 49.8 Å². The van der Waals surface area contributed by atoms with Crippen molar-refractivity contribution >= 4 is 58.2 Å². The van der Waals surface area contributed by atoms with E-state index in [1.54, 1.807) is 30.3 Å². The van der Waals surface area contributed by atoms with Gasteiger partial charge in [-0.15, -0.1) is 0 Å². The molecule has 0 spiro atoms. The molecule has 2 aromatic carbocycles. The van der Waals surface area contributed by atoms with Crippen molar-refractivity contribution in [1.82, 2.24) is 5.32 Å². The van der Waals surface area contributed by atoms with E-state index >= 15 is 0 Å². The van der Waals surface area contributed by atoms with Gasteiger partial charge in [-0.25, -0.2) is 0 Å². The number of halogens is 1. The van der Waals surface area contributed by atoms with Gasteiger partial charge in [-0.05, 0) is 104 Å². The van der Waals surface area contributed by atoms with Crippen LogP contribution in [0.3, 0.4) is 0 Å². The summed E-state index contributed by atoms with van der Waals surface area (Å²) in [6.45, 7) is 8.71. The molecule has 2 aliphatic heterocycles.